The van der Waals surface area contributed by atoms with Gasteiger partial charge in [-0.3, -0.25) is 0 Å². The van der Waals surface area contributed by atoms with Crippen LogP contribution in [0.4, 0.5) is 0 Å². The predicted molar refractivity (Wildman–Crippen MR) is 111 cm³/mol. The highest BCUT2D eigenvalue weighted by molar-refractivity contribution is 5.74. The van der Waals surface area contributed by atoms with E-state index in [0.717, 1.165) is 0 Å². The summed E-state index contributed by atoms with van der Waals surface area (Å²) in [5.74, 6) is 0. The topological polar surface area (TPSA) is 0 Å². The van der Waals surface area contributed by atoms with Gasteiger partial charge in [-0.2, -0.15) is 0 Å². The van der Waals surface area contributed by atoms with Crippen LogP contribution in [-0.2, 0) is 25.7 Å². The second-order valence-electron chi connectivity index (χ2n) is 7.96. The van der Waals surface area contributed by atoms with Crippen LogP contribution in [0.3, 0.4) is 0 Å². The zero-order valence-electron chi connectivity index (χ0n) is 15.4. The normalized spacial score (nSPS) is 16.0. The molecule has 0 N–H and O–H groups in total. The molecule has 130 valence electrons. The van der Waals surface area contributed by atoms with Crippen molar-refractivity contribution in [3.63, 3.8) is 0 Å². The molecule has 0 fully saturated rings. The molecule has 0 atom stereocenters. The van der Waals surface area contributed by atoms with Crippen LogP contribution < -0.4 is 0 Å². The first-order valence-corrected chi connectivity index (χ1v) is 10.2. The predicted octanol–water partition coefficient (Wildman–Crippen LogP) is 6.78. The largest absolute Gasteiger partial charge is 0.0610 e. The highest BCUT2D eigenvalue weighted by Crippen LogP contribution is 2.32. The smallest absolute Gasteiger partial charge is 0.0178 e. The molecule has 5 rings (SSSR count). The van der Waals surface area contributed by atoms with Crippen molar-refractivity contribution >= 4 is 0 Å². The molecule has 0 heterocycles. The fourth-order valence-corrected chi connectivity index (χ4v) is 4.70. The third kappa shape index (κ3) is 2.98. The van der Waals surface area contributed by atoms with Gasteiger partial charge in [0.15, 0.2) is 0 Å². The van der Waals surface area contributed by atoms with Gasteiger partial charge in [-0.1, -0.05) is 54.6 Å². The first-order valence-electron chi connectivity index (χ1n) is 10.2. The van der Waals surface area contributed by atoms with Gasteiger partial charge in [0.2, 0.25) is 0 Å². The average Bonchev–Trinajstić information content (AvgIpc) is 2.73. The van der Waals surface area contributed by atoms with Crippen molar-refractivity contribution in [3.8, 4) is 22.3 Å². The van der Waals surface area contributed by atoms with Crippen molar-refractivity contribution in [2.45, 2.75) is 51.4 Å². The van der Waals surface area contributed by atoms with Gasteiger partial charge in [0.1, 0.15) is 0 Å². The van der Waals surface area contributed by atoms with E-state index in [9.17, 15) is 0 Å². The molecule has 3 aromatic carbocycles. The third-order valence-corrected chi connectivity index (χ3v) is 6.23. The molecule has 2 aliphatic carbocycles. The maximum atomic E-state index is 2.43. The second kappa shape index (κ2) is 6.76. The SMILES string of the molecule is c1cc(-c2ccc3c(c2)CCCC3)cc(-c2ccc3c(c2)CCCC3)c1. The average molecular weight is 338 g/mol. The minimum atomic E-state index is 1.24. The molecule has 0 saturated carbocycles. The highest BCUT2D eigenvalue weighted by atomic mass is 14.2. The van der Waals surface area contributed by atoms with E-state index in [4.69, 9.17) is 0 Å². The molecular formula is C26H26. The van der Waals surface area contributed by atoms with E-state index >= 15 is 0 Å². The van der Waals surface area contributed by atoms with Crippen molar-refractivity contribution in [1.29, 1.82) is 0 Å². The molecule has 0 unspecified atom stereocenters. The van der Waals surface area contributed by atoms with Gasteiger partial charge in [-0.25, -0.2) is 0 Å². The van der Waals surface area contributed by atoms with Crippen LogP contribution >= 0.6 is 0 Å². The minimum absolute atomic E-state index is 1.24. The van der Waals surface area contributed by atoms with Crippen LogP contribution in [0.1, 0.15) is 47.9 Å². The minimum Gasteiger partial charge on any atom is -0.0610 e. The number of hydrogen-bond donors (Lipinski definition) is 0. The van der Waals surface area contributed by atoms with Crippen molar-refractivity contribution in [2.75, 3.05) is 0 Å². The summed E-state index contributed by atoms with van der Waals surface area (Å²) in [5, 5.41) is 0. The van der Waals surface area contributed by atoms with Crippen molar-refractivity contribution in [1.82, 2.24) is 0 Å². The van der Waals surface area contributed by atoms with Crippen LogP contribution in [0, 0.1) is 0 Å². The quantitative estimate of drug-likeness (QED) is 0.483. The Morgan fingerprint density at radius 2 is 0.808 bits per heavy atom. The van der Waals surface area contributed by atoms with Crippen LogP contribution in [0.2, 0.25) is 0 Å². The van der Waals surface area contributed by atoms with E-state index in [0.29, 0.717) is 0 Å². The van der Waals surface area contributed by atoms with Gasteiger partial charge in [0.05, 0.1) is 0 Å². The summed E-state index contributed by atoms with van der Waals surface area (Å²) < 4.78 is 0. The number of fused-ring (bicyclic) bond motifs is 2. The van der Waals surface area contributed by atoms with Crippen LogP contribution in [0.15, 0.2) is 60.7 Å². The van der Waals surface area contributed by atoms with E-state index in [2.05, 4.69) is 60.7 Å². The molecule has 0 spiro atoms. The van der Waals surface area contributed by atoms with E-state index < -0.39 is 0 Å². The maximum absolute atomic E-state index is 2.43. The summed E-state index contributed by atoms with van der Waals surface area (Å²) in [6.07, 6.45) is 10.4. The number of benzene rings is 3. The molecule has 0 aromatic heterocycles. The van der Waals surface area contributed by atoms with Gasteiger partial charge in [-0.15, -0.1) is 0 Å². The Kier molecular flexibility index (Phi) is 4.13. The molecule has 2 aliphatic rings. The third-order valence-electron chi connectivity index (χ3n) is 6.23. The van der Waals surface area contributed by atoms with Crippen molar-refractivity contribution in [3.05, 3.63) is 82.9 Å². The Morgan fingerprint density at radius 3 is 1.31 bits per heavy atom. The lowest BCUT2D eigenvalue weighted by Gasteiger charge is -2.18. The molecular weight excluding hydrogens is 312 g/mol. The summed E-state index contributed by atoms with van der Waals surface area (Å²) in [4.78, 5) is 0. The second-order valence-corrected chi connectivity index (χ2v) is 7.96. The van der Waals surface area contributed by atoms with Crippen molar-refractivity contribution < 1.29 is 0 Å². The first-order chi connectivity index (χ1) is 12.9. The van der Waals surface area contributed by atoms with E-state index in [1.165, 1.54) is 73.6 Å². The summed E-state index contributed by atoms with van der Waals surface area (Å²) >= 11 is 0. The Morgan fingerprint density at radius 1 is 0.385 bits per heavy atom. The summed E-state index contributed by atoms with van der Waals surface area (Å²) in [6, 6.07) is 23.3. The molecule has 0 saturated heterocycles. The number of hydrogen-bond acceptors (Lipinski definition) is 0. The molecule has 0 heteroatoms. The maximum Gasteiger partial charge on any atom is -0.0178 e. The molecule has 0 amide bonds. The van der Waals surface area contributed by atoms with Gasteiger partial charge in [0, 0.05) is 0 Å². The Bertz CT molecular complexity index is 873. The monoisotopic (exact) mass is 338 g/mol. The molecule has 0 bridgehead atoms. The van der Waals surface area contributed by atoms with Crippen LogP contribution in [-0.4, -0.2) is 0 Å². The van der Waals surface area contributed by atoms with E-state index in [1.54, 1.807) is 22.3 Å². The molecule has 0 nitrogen and oxygen atoms in total. The Labute approximate surface area is 156 Å². The van der Waals surface area contributed by atoms with Gasteiger partial charge in [-0.05, 0) is 102 Å². The van der Waals surface area contributed by atoms with Gasteiger partial charge >= 0.3 is 0 Å². The van der Waals surface area contributed by atoms with E-state index in [-0.39, 0.29) is 0 Å². The molecule has 3 aromatic rings. The lowest BCUT2D eigenvalue weighted by Crippen LogP contribution is -2.02. The van der Waals surface area contributed by atoms with Crippen molar-refractivity contribution in [2.24, 2.45) is 0 Å². The lowest BCUT2D eigenvalue weighted by atomic mass is 9.87. The highest BCUT2D eigenvalue weighted by Gasteiger charge is 2.12. The zero-order valence-corrected chi connectivity index (χ0v) is 15.4. The summed E-state index contributed by atoms with van der Waals surface area (Å²) in [6.45, 7) is 0. The van der Waals surface area contributed by atoms with E-state index in [1.807, 2.05) is 0 Å². The zero-order chi connectivity index (χ0) is 17.3. The molecule has 26 heavy (non-hydrogen) atoms. The summed E-state index contributed by atoms with van der Waals surface area (Å²) in [7, 11) is 0. The van der Waals surface area contributed by atoms with Crippen LogP contribution in [0.25, 0.3) is 22.3 Å². The summed E-state index contributed by atoms with van der Waals surface area (Å²) in [5.41, 5.74) is 11.7. The number of aryl methyl sites for hydroxylation is 4. The van der Waals surface area contributed by atoms with Crippen LogP contribution in [0.5, 0.6) is 0 Å². The Balaban J connectivity index is 1.51. The van der Waals surface area contributed by atoms with Gasteiger partial charge < -0.3 is 0 Å². The first kappa shape index (κ1) is 15.9. The fraction of sp³-hybridized carbons (Fsp3) is 0.308. The molecule has 0 aliphatic heterocycles. The van der Waals surface area contributed by atoms with Gasteiger partial charge in [0.25, 0.3) is 0 Å². The lowest BCUT2D eigenvalue weighted by molar-refractivity contribution is 0.686. The molecule has 0 radical (unpaired) electrons. The fourth-order valence-electron chi connectivity index (χ4n) is 4.70. The standard InChI is InChI=1S/C26H26/c1-3-8-21-16-25(14-12-19(21)6-1)23-10-5-11-24(18-23)26-15-13-20-7-2-4-9-22(20)17-26/h5,10-18H,1-4,6-9H2. The number of rotatable bonds is 2. The Hall–Kier alpha value is -2.34.